The van der Waals surface area contributed by atoms with Crippen LogP contribution in [-0.4, -0.2) is 55.6 Å². The van der Waals surface area contributed by atoms with Gasteiger partial charge in [0.15, 0.2) is 11.5 Å². The number of benzene rings is 1. The largest absolute Gasteiger partial charge is 0.493 e. The smallest absolute Gasteiger partial charge is 0.237 e. The van der Waals surface area contributed by atoms with Gasteiger partial charge in [0.1, 0.15) is 0 Å². The monoisotopic (exact) mass is 386 g/mol. The van der Waals surface area contributed by atoms with Crippen LogP contribution < -0.4 is 9.47 Å². The first kappa shape index (κ1) is 19.6. The number of nitrogens with zero attached hydrogens (tertiary/aromatic N) is 2. The Morgan fingerprint density at radius 3 is 2.54 bits per heavy atom. The SMILES string of the molecule is COc1ccc([C@@H]2CCCN2CC(=O)N2CCC[C@H]3CCCC[C@@H]32)cc1OC. The van der Waals surface area contributed by atoms with E-state index in [9.17, 15) is 4.79 Å². The van der Waals surface area contributed by atoms with Gasteiger partial charge in [0.05, 0.1) is 20.8 Å². The van der Waals surface area contributed by atoms with E-state index in [1.807, 2.05) is 6.07 Å². The van der Waals surface area contributed by atoms with Gasteiger partial charge in [-0.05, 0) is 68.7 Å². The average Bonchev–Trinajstić information content (AvgIpc) is 3.20. The van der Waals surface area contributed by atoms with E-state index in [-0.39, 0.29) is 6.04 Å². The van der Waals surface area contributed by atoms with E-state index in [0.717, 1.165) is 43.3 Å². The van der Waals surface area contributed by atoms with Crippen molar-refractivity contribution in [2.24, 2.45) is 5.92 Å². The van der Waals surface area contributed by atoms with Crippen LogP contribution in [0, 0.1) is 5.92 Å². The number of piperidine rings is 1. The normalized spacial score (nSPS) is 28.1. The molecular weight excluding hydrogens is 352 g/mol. The molecule has 0 aromatic heterocycles. The molecule has 3 aliphatic rings. The maximum atomic E-state index is 13.2. The molecule has 1 aromatic rings. The minimum absolute atomic E-state index is 0.288. The highest BCUT2D eigenvalue weighted by Crippen LogP contribution is 2.38. The molecule has 0 N–H and O–H groups in total. The lowest BCUT2D eigenvalue weighted by atomic mass is 9.78. The standard InChI is InChI=1S/C23H34N2O3/c1-27-21-12-11-18(15-22(21)28-2)19-10-6-13-24(19)16-23(26)25-14-5-8-17-7-3-4-9-20(17)25/h11-12,15,17,19-20H,3-10,13-14,16H2,1-2H3/t17-,19+,20+/m1/s1. The molecular formula is C23H34N2O3. The van der Waals surface area contributed by atoms with Crippen LogP contribution in [0.1, 0.15) is 63.0 Å². The van der Waals surface area contributed by atoms with Gasteiger partial charge in [-0.2, -0.15) is 0 Å². The summed E-state index contributed by atoms with van der Waals surface area (Å²) in [6.45, 7) is 2.49. The molecule has 154 valence electrons. The quantitative estimate of drug-likeness (QED) is 0.766. The topological polar surface area (TPSA) is 42.0 Å². The van der Waals surface area contributed by atoms with E-state index >= 15 is 0 Å². The van der Waals surface area contributed by atoms with Gasteiger partial charge in [0, 0.05) is 18.6 Å². The summed E-state index contributed by atoms with van der Waals surface area (Å²) in [5.41, 5.74) is 1.22. The van der Waals surface area contributed by atoms with E-state index < -0.39 is 0 Å². The molecule has 0 bridgehead atoms. The highest BCUT2D eigenvalue weighted by Gasteiger charge is 2.37. The number of fused-ring (bicyclic) bond motifs is 1. The Kier molecular flexibility index (Phi) is 6.10. The van der Waals surface area contributed by atoms with Gasteiger partial charge >= 0.3 is 0 Å². The number of carbonyl (C=O) groups is 1. The van der Waals surface area contributed by atoms with Crippen LogP contribution in [-0.2, 0) is 4.79 Å². The van der Waals surface area contributed by atoms with Crippen LogP contribution in [0.4, 0.5) is 0 Å². The lowest BCUT2D eigenvalue weighted by Crippen LogP contribution is -2.52. The predicted octanol–water partition coefficient (Wildman–Crippen LogP) is 4.02. The minimum Gasteiger partial charge on any atom is -0.493 e. The fourth-order valence-electron chi connectivity index (χ4n) is 5.65. The third-order valence-corrected chi connectivity index (χ3v) is 7.06. The molecule has 2 saturated heterocycles. The molecule has 4 rings (SSSR count). The number of hydrogen-bond donors (Lipinski definition) is 0. The molecule has 2 heterocycles. The molecule has 2 aliphatic heterocycles. The molecule has 3 atom stereocenters. The third kappa shape index (κ3) is 3.86. The van der Waals surface area contributed by atoms with Gasteiger partial charge in [-0.25, -0.2) is 0 Å². The fraction of sp³-hybridized carbons (Fsp3) is 0.696. The average molecular weight is 387 g/mol. The van der Waals surface area contributed by atoms with Crippen molar-refractivity contribution in [3.05, 3.63) is 23.8 Å². The number of hydrogen-bond acceptors (Lipinski definition) is 4. The fourth-order valence-corrected chi connectivity index (χ4v) is 5.65. The van der Waals surface area contributed by atoms with E-state index in [1.54, 1.807) is 14.2 Å². The lowest BCUT2D eigenvalue weighted by Gasteiger charge is -2.44. The van der Waals surface area contributed by atoms with E-state index in [0.29, 0.717) is 18.5 Å². The zero-order chi connectivity index (χ0) is 19.5. The second-order valence-corrected chi connectivity index (χ2v) is 8.58. The lowest BCUT2D eigenvalue weighted by molar-refractivity contribution is -0.139. The van der Waals surface area contributed by atoms with Crippen molar-refractivity contribution in [2.45, 2.75) is 63.5 Å². The number of rotatable bonds is 5. The summed E-state index contributed by atoms with van der Waals surface area (Å²) in [5, 5.41) is 0. The Morgan fingerprint density at radius 1 is 0.964 bits per heavy atom. The Hall–Kier alpha value is -1.75. The summed E-state index contributed by atoms with van der Waals surface area (Å²) in [7, 11) is 3.34. The van der Waals surface area contributed by atoms with Crippen molar-refractivity contribution >= 4 is 5.91 Å². The first-order valence-electron chi connectivity index (χ1n) is 11.0. The molecule has 5 nitrogen and oxygen atoms in total. The third-order valence-electron chi connectivity index (χ3n) is 7.06. The van der Waals surface area contributed by atoms with Gasteiger partial charge in [-0.1, -0.05) is 18.9 Å². The molecule has 1 aromatic carbocycles. The van der Waals surface area contributed by atoms with Crippen LogP contribution >= 0.6 is 0 Å². The summed E-state index contributed by atoms with van der Waals surface area (Å²) in [6, 6.07) is 6.95. The summed E-state index contributed by atoms with van der Waals surface area (Å²) >= 11 is 0. The molecule has 1 amide bonds. The maximum Gasteiger partial charge on any atom is 0.237 e. The second-order valence-electron chi connectivity index (χ2n) is 8.58. The van der Waals surface area contributed by atoms with Gasteiger partial charge < -0.3 is 14.4 Å². The van der Waals surface area contributed by atoms with Crippen molar-refractivity contribution in [1.29, 1.82) is 0 Å². The maximum absolute atomic E-state index is 13.2. The molecule has 1 aliphatic carbocycles. The number of carbonyl (C=O) groups excluding carboxylic acids is 1. The van der Waals surface area contributed by atoms with Crippen LogP contribution in [0.15, 0.2) is 18.2 Å². The molecule has 3 fully saturated rings. The second kappa shape index (κ2) is 8.73. The van der Waals surface area contributed by atoms with Crippen molar-refractivity contribution in [3.8, 4) is 11.5 Å². The minimum atomic E-state index is 0.288. The van der Waals surface area contributed by atoms with E-state index in [1.165, 1.54) is 44.1 Å². The Labute approximate surface area is 169 Å². The number of methoxy groups -OCH3 is 2. The zero-order valence-corrected chi connectivity index (χ0v) is 17.4. The van der Waals surface area contributed by atoms with Gasteiger partial charge in [-0.3, -0.25) is 9.69 Å². The summed E-state index contributed by atoms with van der Waals surface area (Å²) in [5.74, 6) is 2.60. The molecule has 1 saturated carbocycles. The van der Waals surface area contributed by atoms with Crippen LogP contribution in [0.2, 0.25) is 0 Å². The first-order chi connectivity index (χ1) is 13.7. The van der Waals surface area contributed by atoms with Crippen molar-refractivity contribution < 1.29 is 14.3 Å². The molecule has 0 spiro atoms. The predicted molar refractivity (Wildman–Crippen MR) is 110 cm³/mol. The first-order valence-corrected chi connectivity index (χ1v) is 11.0. The summed E-state index contributed by atoms with van der Waals surface area (Å²) < 4.78 is 10.9. The van der Waals surface area contributed by atoms with Gasteiger partial charge in [0.2, 0.25) is 5.91 Å². The highest BCUT2D eigenvalue weighted by atomic mass is 16.5. The van der Waals surface area contributed by atoms with Crippen LogP contribution in [0.25, 0.3) is 0 Å². The van der Waals surface area contributed by atoms with Crippen molar-refractivity contribution in [2.75, 3.05) is 33.9 Å². The molecule has 5 heteroatoms. The zero-order valence-electron chi connectivity index (χ0n) is 17.4. The van der Waals surface area contributed by atoms with Crippen molar-refractivity contribution in [3.63, 3.8) is 0 Å². The van der Waals surface area contributed by atoms with E-state index in [4.69, 9.17) is 9.47 Å². The molecule has 28 heavy (non-hydrogen) atoms. The van der Waals surface area contributed by atoms with Crippen LogP contribution in [0.3, 0.4) is 0 Å². The summed E-state index contributed by atoms with van der Waals surface area (Å²) in [4.78, 5) is 17.9. The van der Waals surface area contributed by atoms with Gasteiger partial charge in [-0.15, -0.1) is 0 Å². The Morgan fingerprint density at radius 2 is 1.71 bits per heavy atom. The van der Waals surface area contributed by atoms with Gasteiger partial charge in [0.25, 0.3) is 0 Å². The number of ether oxygens (including phenoxy) is 2. The summed E-state index contributed by atoms with van der Waals surface area (Å²) in [6.07, 6.45) is 9.85. The molecule has 0 unspecified atom stereocenters. The highest BCUT2D eigenvalue weighted by molar-refractivity contribution is 5.79. The Balaban J connectivity index is 1.46. The van der Waals surface area contributed by atoms with Crippen LogP contribution in [0.5, 0.6) is 11.5 Å². The van der Waals surface area contributed by atoms with E-state index in [2.05, 4.69) is 21.9 Å². The number of amides is 1. The number of likely N-dealkylation sites (tertiary alicyclic amines) is 2. The molecule has 0 radical (unpaired) electrons. The Bertz CT molecular complexity index is 690. The van der Waals surface area contributed by atoms with Crippen molar-refractivity contribution in [1.82, 2.24) is 9.80 Å².